The molecule has 0 spiro atoms. The van der Waals surface area contributed by atoms with Crippen LogP contribution in [0.1, 0.15) is 44.0 Å². The number of methoxy groups -OCH3 is 1. The van der Waals surface area contributed by atoms with Crippen LogP contribution < -0.4 is 10.1 Å². The van der Waals surface area contributed by atoms with Gasteiger partial charge in [-0.25, -0.2) is 4.79 Å². The monoisotopic (exact) mass is 323 g/mol. The van der Waals surface area contributed by atoms with Crippen LogP contribution in [-0.2, 0) is 4.74 Å². The second kappa shape index (κ2) is 10.2. The van der Waals surface area contributed by atoms with E-state index in [0.29, 0.717) is 29.8 Å². The van der Waals surface area contributed by atoms with E-state index in [1.165, 1.54) is 13.5 Å². The number of nitrogens with one attached hydrogen (secondary N) is 1. The Bertz CT molecular complexity index is 476. The predicted octanol–water partition coefficient (Wildman–Crippen LogP) is 2.63. The zero-order valence-electron chi connectivity index (χ0n) is 14.5. The first-order valence-corrected chi connectivity index (χ1v) is 8.15. The topological polar surface area (TPSA) is 67.8 Å². The minimum absolute atomic E-state index is 0.175. The van der Waals surface area contributed by atoms with E-state index in [9.17, 15) is 9.90 Å². The fourth-order valence-corrected chi connectivity index (χ4v) is 2.10. The summed E-state index contributed by atoms with van der Waals surface area (Å²) in [5.41, 5.74) is 0.430. The first-order valence-electron chi connectivity index (χ1n) is 8.15. The summed E-state index contributed by atoms with van der Waals surface area (Å²) in [7, 11) is 1.34. The van der Waals surface area contributed by atoms with E-state index in [2.05, 4.69) is 30.8 Å². The van der Waals surface area contributed by atoms with Crippen LogP contribution in [0.3, 0.4) is 0 Å². The predicted molar refractivity (Wildman–Crippen MR) is 90.8 cm³/mol. The highest BCUT2D eigenvalue weighted by atomic mass is 16.5. The standard InChI is InChI=1S/C18H29NO4/c1-13(2)8-9-14(3)19-11-16(20)12-23-17-7-5-6-15(10-17)18(21)22-4/h5-7,10,13-14,16,19-20H,8-9,11-12H2,1-4H3/t14-,16-/m0/s1. The van der Waals surface area contributed by atoms with E-state index >= 15 is 0 Å². The number of esters is 1. The lowest BCUT2D eigenvalue weighted by atomic mass is 10.0. The molecule has 23 heavy (non-hydrogen) atoms. The molecule has 0 aromatic heterocycles. The molecule has 2 N–H and O–H groups in total. The van der Waals surface area contributed by atoms with Gasteiger partial charge in [-0.1, -0.05) is 19.9 Å². The molecule has 0 radical (unpaired) electrons. The molecule has 0 bridgehead atoms. The molecular formula is C18H29NO4. The van der Waals surface area contributed by atoms with Gasteiger partial charge in [0.1, 0.15) is 18.5 Å². The molecule has 2 atom stereocenters. The Morgan fingerprint density at radius 3 is 2.65 bits per heavy atom. The number of carbonyl (C=O) groups excluding carboxylic acids is 1. The highest BCUT2D eigenvalue weighted by Gasteiger charge is 2.10. The maximum atomic E-state index is 11.5. The minimum atomic E-state index is -0.599. The molecule has 5 nitrogen and oxygen atoms in total. The molecule has 0 aliphatic rings. The molecule has 1 rings (SSSR count). The van der Waals surface area contributed by atoms with Gasteiger partial charge in [0.15, 0.2) is 0 Å². The third kappa shape index (κ3) is 8.00. The summed E-state index contributed by atoms with van der Waals surface area (Å²) in [6, 6.07) is 7.11. The lowest BCUT2D eigenvalue weighted by molar-refractivity contribution is 0.0600. The second-order valence-electron chi connectivity index (χ2n) is 6.26. The van der Waals surface area contributed by atoms with Crippen molar-refractivity contribution >= 4 is 5.97 Å². The number of benzene rings is 1. The second-order valence-corrected chi connectivity index (χ2v) is 6.26. The first kappa shape index (κ1) is 19.5. The van der Waals surface area contributed by atoms with E-state index in [4.69, 9.17) is 4.74 Å². The van der Waals surface area contributed by atoms with Gasteiger partial charge in [-0.05, 0) is 43.9 Å². The van der Waals surface area contributed by atoms with Crippen molar-refractivity contribution < 1.29 is 19.4 Å². The third-order valence-electron chi connectivity index (χ3n) is 3.58. The summed E-state index contributed by atoms with van der Waals surface area (Å²) in [4.78, 5) is 11.5. The van der Waals surface area contributed by atoms with Gasteiger partial charge >= 0.3 is 5.97 Å². The zero-order valence-corrected chi connectivity index (χ0v) is 14.5. The van der Waals surface area contributed by atoms with E-state index in [-0.39, 0.29) is 6.61 Å². The summed E-state index contributed by atoms with van der Waals surface area (Å²) in [6.45, 7) is 7.19. The fourth-order valence-electron chi connectivity index (χ4n) is 2.10. The highest BCUT2D eigenvalue weighted by Crippen LogP contribution is 2.14. The summed E-state index contributed by atoms with van der Waals surface area (Å²) in [5, 5.41) is 13.3. The Balaban J connectivity index is 2.33. The third-order valence-corrected chi connectivity index (χ3v) is 3.58. The minimum Gasteiger partial charge on any atom is -0.491 e. The lowest BCUT2D eigenvalue weighted by Crippen LogP contribution is -2.36. The van der Waals surface area contributed by atoms with Gasteiger partial charge in [-0.15, -0.1) is 0 Å². The Labute approximate surface area is 139 Å². The van der Waals surface area contributed by atoms with Crippen LogP contribution in [0.5, 0.6) is 5.75 Å². The first-order chi connectivity index (χ1) is 10.9. The molecule has 0 heterocycles. The van der Waals surface area contributed by atoms with Crippen molar-refractivity contribution in [2.45, 2.75) is 45.8 Å². The molecule has 0 saturated heterocycles. The number of ether oxygens (including phenoxy) is 2. The SMILES string of the molecule is COC(=O)c1cccc(OC[C@@H](O)CN[C@@H](C)CCC(C)C)c1. The summed E-state index contributed by atoms with van der Waals surface area (Å²) in [5.74, 6) is 0.825. The van der Waals surface area contributed by atoms with Crippen molar-refractivity contribution in [3.05, 3.63) is 29.8 Å². The molecule has 0 fully saturated rings. The molecular weight excluding hydrogens is 294 g/mol. The number of aliphatic hydroxyl groups is 1. The zero-order chi connectivity index (χ0) is 17.2. The van der Waals surface area contributed by atoms with Crippen molar-refractivity contribution in [1.29, 1.82) is 0 Å². The summed E-state index contributed by atoms with van der Waals surface area (Å²) >= 11 is 0. The number of hydrogen-bond donors (Lipinski definition) is 2. The fraction of sp³-hybridized carbons (Fsp3) is 0.611. The Hall–Kier alpha value is -1.59. The molecule has 1 aromatic rings. The molecule has 130 valence electrons. The van der Waals surface area contributed by atoms with Crippen LogP contribution >= 0.6 is 0 Å². The van der Waals surface area contributed by atoms with Gasteiger partial charge in [0.25, 0.3) is 0 Å². The van der Waals surface area contributed by atoms with E-state index in [0.717, 1.165) is 6.42 Å². The lowest BCUT2D eigenvalue weighted by Gasteiger charge is -2.18. The van der Waals surface area contributed by atoms with E-state index in [1.807, 2.05) is 0 Å². The largest absolute Gasteiger partial charge is 0.491 e. The van der Waals surface area contributed by atoms with Crippen molar-refractivity contribution in [3.63, 3.8) is 0 Å². The van der Waals surface area contributed by atoms with Gasteiger partial charge in [0, 0.05) is 12.6 Å². The molecule has 0 aliphatic carbocycles. The van der Waals surface area contributed by atoms with Crippen LogP contribution in [0.2, 0.25) is 0 Å². The molecule has 0 saturated carbocycles. The highest BCUT2D eigenvalue weighted by molar-refractivity contribution is 5.89. The Morgan fingerprint density at radius 1 is 1.26 bits per heavy atom. The molecule has 1 aromatic carbocycles. The van der Waals surface area contributed by atoms with Gasteiger partial charge in [-0.3, -0.25) is 0 Å². The van der Waals surface area contributed by atoms with E-state index < -0.39 is 12.1 Å². The Kier molecular flexibility index (Phi) is 8.66. The molecule has 0 aliphatic heterocycles. The van der Waals surface area contributed by atoms with E-state index in [1.54, 1.807) is 24.3 Å². The van der Waals surface area contributed by atoms with Gasteiger partial charge in [0.2, 0.25) is 0 Å². The maximum Gasteiger partial charge on any atom is 0.337 e. The number of aliphatic hydroxyl groups excluding tert-OH is 1. The summed E-state index contributed by atoms with van der Waals surface area (Å²) in [6.07, 6.45) is 1.66. The number of carbonyl (C=O) groups is 1. The molecule has 5 heteroatoms. The van der Waals surface area contributed by atoms with Crippen LogP contribution in [0, 0.1) is 5.92 Å². The summed E-state index contributed by atoms with van der Waals surface area (Å²) < 4.78 is 10.2. The van der Waals surface area contributed by atoms with Crippen LogP contribution in [-0.4, -0.2) is 43.5 Å². The quantitative estimate of drug-likeness (QED) is 0.648. The average molecular weight is 323 g/mol. The Morgan fingerprint density at radius 2 is 2.00 bits per heavy atom. The van der Waals surface area contributed by atoms with Crippen molar-refractivity contribution in [1.82, 2.24) is 5.32 Å². The van der Waals surface area contributed by atoms with Gasteiger partial charge in [-0.2, -0.15) is 0 Å². The van der Waals surface area contributed by atoms with Crippen LogP contribution in [0.25, 0.3) is 0 Å². The average Bonchev–Trinajstić information content (AvgIpc) is 2.55. The van der Waals surface area contributed by atoms with Crippen LogP contribution in [0.15, 0.2) is 24.3 Å². The van der Waals surface area contributed by atoms with Crippen molar-refractivity contribution in [2.75, 3.05) is 20.3 Å². The maximum absolute atomic E-state index is 11.5. The number of hydrogen-bond acceptors (Lipinski definition) is 5. The molecule has 0 unspecified atom stereocenters. The number of rotatable bonds is 10. The molecule has 0 amide bonds. The van der Waals surface area contributed by atoms with Crippen molar-refractivity contribution in [2.24, 2.45) is 5.92 Å². The van der Waals surface area contributed by atoms with Crippen LogP contribution in [0.4, 0.5) is 0 Å². The normalized spacial score (nSPS) is 13.7. The smallest absolute Gasteiger partial charge is 0.337 e. The van der Waals surface area contributed by atoms with Crippen molar-refractivity contribution in [3.8, 4) is 5.75 Å². The van der Waals surface area contributed by atoms with Gasteiger partial charge in [0.05, 0.1) is 12.7 Å². The van der Waals surface area contributed by atoms with Gasteiger partial charge < -0.3 is 19.9 Å².